The molecule has 4 N–H and O–H groups in total. The summed E-state index contributed by atoms with van der Waals surface area (Å²) in [6.07, 6.45) is 1.53. The van der Waals surface area contributed by atoms with Gasteiger partial charge in [0.25, 0.3) is 0 Å². The Labute approximate surface area is 151 Å². The van der Waals surface area contributed by atoms with Crippen LogP contribution in [0, 0.1) is 0 Å². The number of ether oxygens (including phenoxy) is 3. The lowest BCUT2D eigenvalue weighted by Gasteiger charge is -2.09. The summed E-state index contributed by atoms with van der Waals surface area (Å²) in [5, 5.41) is 7.24. The summed E-state index contributed by atoms with van der Waals surface area (Å²) in [6, 6.07) is 14.0. The van der Waals surface area contributed by atoms with E-state index in [-0.39, 0.29) is 5.96 Å². The Bertz CT molecular complexity index is 784. The molecule has 0 aliphatic heterocycles. The first-order valence-electron chi connectivity index (χ1n) is 7.74. The summed E-state index contributed by atoms with van der Waals surface area (Å²) in [6.45, 7) is 0.683. The molecular formula is C18H20N4O4. The second-order valence-corrected chi connectivity index (χ2v) is 5.05. The van der Waals surface area contributed by atoms with E-state index in [0.29, 0.717) is 30.3 Å². The fourth-order valence-corrected chi connectivity index (χ4v) is 1.96. The molecule has 0 fully saturated rings. The Kier molecular flexibility index (Phi) is 6.99. The molecule has 0 spiro atoms. The van der Waals surface area contributed by atoms with Crippen molar-refractivity contribution in [3.05, 3.63) is 59.7 Å². The normalized spacial score (nSPS) is 10.3. The van der Waals surface area contributed by atoms with Crippen LogP contribution in [0.15, 0.2) is 58.7 Å². The highest BCUT2D eigenvalue weighted by molar-refractivity contribution is 5.89. The minimum absolute atomic E-state index is 0.0988. The number of esters is 1. The molecule has 8 heteroatoms. The molecule has 0 aromatic heterocycles. The molecule has 0 aliphatic rings. The summed E-state index contributed by atoms with van der Waals surface area (Å²) in [5.41, 5.74) is 11.6. The number of guanidine groups is 1. The van der Waals surface area contributed by atoms with E-state index in [0.717, 1.165) is 5.56 Å². The van der Waals surface area contributed by atoms with Crippen LogP contribution in [-0.2, 0) is 4.74 Å². The Hall–Kier alpha value is -3.55. The van der Waals surface area contributed by atoms with Gasteiger partial charge in [-0.15, -0.1) is 5.10 Å². The van der Waals surface area contributed by atoms with E-state index in [1.165, 1.54) is 13.3 Å². The van der Waals surface area contributed by atoms with E-state index >= 15 is 0 Å². The van der Waals surface area contributed by atoms with Crippen LogP contribution in [0.2, 0.25) is 0 Å². The van der Waals surface area contributed by atoms with Crippen molar-refractivity contribution < 1.29 is 19.0 Å². The molecule has 0 unspecified atom stereocenters. The molecule has 0 saturated carbocycles. The van der Waals surface area contributed by atoms with E-state index in [1.807, 2.05) is 12.1 Å². The number of benzene rings is 2. The lowest BCUT2D eigenvalue weighted by molar-refractivity contribution is 0.0600. The number of methoxy groups -OCH3 is 1. The Balaban J connectivity index is 1.79. The van der Waals surface area contributed by atoms with E-state index in [9.17, 15) is 4.79 Å². The largest absolute Gasteiger partial charge is 0.490 e. The Morgan fingerprint density at radius 1 is 1.04 bits per heavy atom. The fraction of sp³-hybridized carbons (Fsp3) is 0.167. The summed E-state index contributed by atoms with van der Waals surface area (Å²) >= 11 is 0. The molecule has 0 atom stereocenters. The van der Waals surface area contributed by atoms with Gasteiger partial charge >= 0.3 is 5.97 Å². The van der Waals surface area contributed by atoms with Crippen molar-refractivity contribution in [2.45, 2.75) is 0 Å². The first-order valence-corrected chi connectivity index (χ1v) is 7.74. The highest BCUT2D eigenvalue weighted by Crippen LogP contribution is 2.15. The molecule has 0 radical (unpaired) electrons. The molecule has 0 aliphatic carbocycles. The highest BCUT2D eigenvalue weighted by atomic mass is 16.5. The molecule has 136 valence electrons. The molecule has 2 rings (SSSR count). The lowest BCUT2D eigenvalue weighted by atomic mass is 10.2. The van der Waals surface area contributed by atoms with Crippen LogP contribution in [0.3, 0.4) is 0 Å². The number of carbonyl (C=O) groups is 1. The third kappa shape index (κ3) is 6.16. The van der Waals surface area contributed by atoms with Crippen LogP contribution in [0.5, 0.6) is 11.5 Å². The second kappa shape index (κ2) is 9.67. The zero-order valence-electron chi connectivity index (χ0n) is 14.3. The molecule has 0 heterocycles. The van der Waals surface area contributed by atoms with Gasteiger partial charge in [-0.3, -0.25) is 0 Å². The van der Waals surface area contributed by atoms with Gasteiger partial charge in [-0.2, -0.15) is 5.10 Å². The first kappa shape index (κ1) is 18.8. The number of hydrogen-bond acceptors (Lipinski definition) is 6. The number of rotatable bonds is 8. The van der Waals surface area contributed by atoms with Crippen molar-refractivity contribution in [3.63, 3.8) is 0 Å². The minimum atomic E-state index is -0.407. The summed E-state index contributed by atoms with van der Waals surface area (Å²) in [7, 11) is 1.34. The maximum atomic E-state index is 11.5. The molecule has 2 aromatic rings. The van der Waals surface area contributed by atoms with Crippen molar-refractivity contribution in [1.82, 2.24) is 0 Å². The monoisotopic (exact) mass is 356 g/mol. The maximum absolute atomic E-state index is 11.5. The average molecular weight is 356 g/mol. The standard InChI is InChI=1S/C18H20N4O4/c1-24-17(23)14-3-2-4-16(11-14)26-10-9-25-15-7-5-13(6-8-15)12-21-22-18(19)20/h2-8,11-12H,9-10H2,1H3,(H4,19,20,22). The summed E-state index contributed by atoms with van der Waals surface area (Å²) in [4.78, 5) is 11.5. The van der Waals surface area contributed by atoms with Crippen LogP contribution in [0.4, 0.5) is 0 Å². The number of carbonyl (C=O) groups excluding carboxylic acids is 1. The molecule has 8 nitrogen and oxygen atoms in total. The van der Waals surface area contributed by atoms with Crippen molar-refractivity contribution in [2.24, 2.45) is 21.7 Å². The van der Waals surface area contributed by atoms with Gasteiger partial charge in [-0.05, 0) is 48.0 Å². The fourth-order valence-electron chi connectivity index (χ4n) is 1.96. The predicted octanol–water partition coefficient (Wildman–Crippen LogP) is 1.54. The SMILES string of the molecule is COC(=O)c1cccc(OCCOc2ccc(C=NN=C(N)N)cc2)c1. The topological polar surface area (TPSA) is 122 Å². The molecule has 2 aromatic carbocycles. The van der Waals surface area contributed by atoms with E-state index < -0.39 is 5.97 Å². The molecule has 0 amide bonds. The minimum Gasteiger partial charge on any atom is -0.490 e. The van der Waals surface area contributed by atoms with E-state index in [2.05, 4.69) is 14.9 Å². The second-order valence-electron chi connectivity index (χ2n) is 5.05. The van der Waals surface area contributed by atoms with Crippen molar-refractivity contribution in [2.75, 3.05) is 20.3 Å². The van der Waals surface area contributed by atoms with Gasteiger partial charge in [0.05, 0.1) is 18.9 Å². The van der Waals surface area contributed by atoms with Gasteiger partial charge in [-0.25, -0.2) is 4.79 Å². The molecule has 26 heavy (non-hydrogen) atoms. The van der Waals surface area contributed by atoms with Gasteiger partial charge in [0.15, 0.2) is 0 Å². The van der Waals surface area contributed by atoms with Gasteiger partial charge in [0, 0.05) is 0 Å². The number of nitrogens with two attached hydrogens (primary N) is 2. The van der Waals surface area contributed by atoms with Crippen molar-refractivity contribution >= 4 is 18.1 Å². The Morgan fingerprint density at radius 2 is 1.73 bits per heavy atom. The molecule has 0 bridgehead atoms. The zero-order chi connectivity index (χ0) is 18.8. The first-order chi connectivity index (χ1) is 12.6. The molecular weight excluding hydrogens is 336 g/mol. The third-order valence-electron chi connectivity index (χ3n) is 3.14. The smallest absolute Gasteiger partial charge is 0.337 e. The highest BCUT2D eigenvalue weighted by Gasteiger charge is 2.06. The van der Waals surface area contributed by atoms with E-state index in [1.54, 1.807) is 36.4 Å². The summed E-state index contributed by atoms with van der Waals surface area (Å²) in [5.74, 6) is 0.757. The van der Waals surface area contributed by atoms with Crippen LogP contribution in [0.1, 0.15) is 15.9 Å². The van der Waals surface area contributed by atoms with Gasteiger partial charge in [0.1, 0.15) is 24.7 Å². The summed E-state index contributed by atoms with van der Waals surface area (Å²) < 4.78 is 15.8. The van der Waals surface area contributed by atoms with Gasteiger partial charge in [0.2, 0.25) is 5.96 Å². The molecule has 0 saturated heterocycles. The quantitative estimate of drug-likeness (QED) is 0.243. The van der Waals surface area contributed by atoms with Gasteiger partial charge < -0.3 is 25.7 Å². The van der Waals surface area contributed by atoms with Crippen LogP contribution in [0.25, 0.3) is 0 Å². The number of nitrogens with zero attached hydrogens (tertiary/aromatic N) is 2. The maximum Gasteiger partial charge on any atom is 0.337 e. The van der Waals surface area contributed by atoms with Crippen LogP contribution >= 0.6 is 0 Å². The van der Waals surface area contributed by atoms with Gasteiger partial charge in [-0.1, -0.05) is 6.07 Å². The third-order valence-corrected chi connectivity index (χ3v) is 3.14. The Morgan fingerprint density at radius 3 is 2.38 bits per heavy atom. The zero-order valence-corrected chi connectivity index (χ0v) is 14.3. The van der Waals surface area contributed by atoms with E-state index in [4.69, 9.17) is 20.9 Å². The average Bonchev–Trinajstić information content (AvgIpc) is 2.65. The van der Waals surface area contributed by atoms with Crippen LogP contribution < -0.4 is 20.9 Å². The van der Waals surface area contributed by atoms with Crippen molar-refractivity contribution in [1.29, 1.82) is 0 Å². The predicted molar refractivity (Wildman–Crippen MR) is 98.6 cm³/mol. The number of hydrogen-bond donors (Lipinski definition) is 2. The van der Waals surface area contributed by atoms with Crippen molar-refractivity contribution in [3.8, 4) is 11.5 Å². The van der Waals surface area contributed by atoms with Crippen LogP contribution in [-0.4, -0.2) is 38.5 Å². The lowest BCUT2D eigenvalue weighted by Crippen LogP contribution is -2.21.